The molecule has 1 aromatic carbocycles. The van der Waals surface area contributed by atoms with Gasteiger partial charge >= 0.3 is 0 Å². The monoisotopic (exact) mass is 401 g/mol. The fourth-order valence-electron chi connectivity index (χ4n) is 2.12. The van der Waals surface area contributed by atoms with Gasteiger partial charge in [-0.2, -0.15) is 0 Å². The third-order valence-electron chi connectivity index (χ3n) is 3.06. The van der Waals surface area contributed by atoms with Gasteiger partial charge in [-0.1, -0.05) is 0 Å². The molecule has 2 amide bonds. The Morgan fingerprint density at radius 1 is 1.38 bits per heavy atom. The fourth-order valence-corrected chi connectivity index (χ4v) is 2.97. The van der Waals surface area contributed by atoms with Crippen LogP contribution >= 0.6 is 22.6 Å². The zero-order valence-corrected chi connectivity index (χ0v) is 13.9. The fraction of sp³-hybridized carbons (Fsp3) is 0.286. The summed E-state index contributed by atoms with van der Waals surface area (Å²) in [6, 6.07) is 5.43. The van der Waals surface area contributed by atoms with E-state index in [9.17, 15) is 9.59 Å². The second-order valence-corrected chi connectivity index (χ2v) is 5.62. The van der Waals surface area contributed by atoms with Crippen LogP contribution < -0.4 is 10.8 Å². The van der Waals surface area contributed by atoms with Gasteiger partial charge in [-0.3, -0.25) is 14.4 Å². The van der Waals surface area contributed by atoms with Crippen LogP contribution in [-0.2, 0) is 16.1 Å². The Balaban J connectivity index is 2.31. The molecule has 0 aliphatic carbocycles. The summed E-state index contributed by atoms with van der Waals surface area (Å²) < 4.78 is 1.01. The number of carbonyl (C=O) groups is 2. The molecule has 112 valence electrons. The average molecular weight is 401 g/mol. The summed E-state index contributed by atoms with van der Waals surface area (Å²) in [5, 5.41) is 3.76. The van der Waals surface area contributed by atoms with Crippen LogP contribution in [0.3, 0.4) is 0 Å². The molecule has 0 aliphatic rings. The topological polar surface area (TPSA) is 83.2 Å². The minimum Gasteiger partial charge on any atom is -0.356 e. The van der Waals surface area contributed by atoms with Crippen LogP contribution in [0.5, 0.6) is 0 Å². The van der Waals surface area contributed by atoms with Crippen LogP contribution in [0.4, 0.5) is 0 Å². The van der Waals surface area contributed by atoms with Crippen LogP contribution in [0.2, 0.25) is 0 Å². The van der Waals surface area contributed by atoms with Crippen LogP contribution in [0, 0.1) is 3.70 Å². The number of rotatable bonds is 5. The van der Waals surface area contributed by atoms with Gasteiger partial charge in [-0.25, -0.2) is 5.48 Å². The first-order chi connectivity index (χ1) is 10.0. The predicted octanol–water partition coefficient (Wildman–Crippen LogP) is 1.74. The molecule has 0 bridgehead atoms. The van der Waals surface area contributed by atoms with E-state index >= 15 is 0 Å². The summed E-state index contributed by atoms with van der Waals surface area (Å²) in [5.74, 6) is -0.339. The summed E-state index contributed by atoms with van der Waals surface area (Å²) in [6.07, 6.45) is 0.702. The van der Waals surface area contributed by atoms with Crippen LogP contribution in [0.15, 0.2) is 18.2 Å². The zero-order valence-electron chi connectivity index (χ0n) is 11.7. The van der Waals surface area contributed by atoms with Crippen molar-refractivity contribution in [1.82, 2.24) is 15.8 Å². The van der Waals surface area contributed by atoms with E-state index in [2.05, 4.69) is 43.2 Å². The van der Waals surface area contributed by atoms with E-state index in [4.69, 9.17) is 0 Å². The molecule has 0 radical (unpaired) electrons. The molecule has 0 unspecified atom stereocenters. The molecule has 1 aromatic heterocycles. The minimum absolute atomic E-state index is 0.0509. The van der Waals surface area contributed by atoms with Gasteiger partial charge in [0.15, 0.2) is 0 Å². The summed E-state index contributed by atoms with van der Waals surface area (Å²) in [7, 11) is 1.40. The van der Waals surface area contributed by atoms with E-state index in [0.717, 1.165) is 20.2 Å². The number of benzene rings is 1. The van der Waals surface area contributed by atoms with Crippen molar-refractivity contribution < 1.29 is 14.4 Å². The van der Waals surface area contributed by atoms with Gasteiger partial charge in [0, 0.05) is 29.9 Å². The van der Waals surface area contributed by atoms with E-state index in [-0.39, 0.29) is 11.8 Å². The van der Waals surface area contributed by atoms with Crippen molar-refractivity contribution in [3.63, 3.8) is 0 Å². The maximum absolute atomic E-state index is 11.8. The van der Waals surface area contributed by atoms with Gasteiger partial charge < -0.3 is 10.3 Å². The molecule has 7 heteroatoms. The van der Waals surface area contributed by atoms with E-state index in [1.165, 1.54) is 14.0 Å². The zero-order chi connectivity index (χ0) is 15.4. The Bertz CT molecular complexity index is 681. The highest BCUT2D eigenvalue weighted by molar-refractivity contribution is 14.1. The second kappa shape index (κ2) is 6.90. The van der Waals surface area contributed by atoms with E-state index in [1.54, 1.807) is 6.07 Å². The molecule has 1 heterocycles. The molecule has 0 aliphatic heterocycles. The van der Waals surface area contributed by atoms with E-state index in [1.807, 2.05) is 12.1 Å². The lowest BCUT2D eigenvalue weighted by molar-refractivity contribution is -0.118. The Kier molecular flexibility index (Phi) is 5.18. The Morgan fingerprint density at radius 2 is 2.14 bits per heavy atom. The maximum atomic E-state index is 11.8. The van der Waals surface area contributed by atoms with Crippen molar-refractivity contribution in [2.45, 2.75) is 13.3 Å². The number of hydroxylamine groups is 1. The molecule has 0 spiro atoms. The van der Waals surface area contributed by atoms with Gasteiger partial charge in [0.1, 0.15) is 0 Å². The van der Waals surface area contributed by atoms with Crippen LogP contribution in [0.25, 0.3) is 10.9 Å². The van der Waals surface area contributed by atoms with Crippen molar-refractivity contribution >= 4 is 45.3 Å². The minimum atomic E-state index is -0.289. The molecule has 2 rings (SSSR count). The average Bonchev–Trinajstić information content (AvgIpc) is 2.74. The molecule has 2 aromatic rings. The SMILES string of the molecule is CONC(=O)c1ccc2[nH]c(I)c(CCNC(C)=O)c2c1. The third-order valence-corrected chi connectivity index (χ3v) is 3.98. The quantitative estimate of drug-likeness (QED) is 0.527. The third kappa shape index (κ3) is 3.73. The highest BCUT2D eigenvalue weighted by Crippen LogP contribution is 2.25. The number of amides is 2. The lowest BCUT2D eigenvalue weighted by Crippen LogP contribution is -2.22. The number of halogens is 1. The first-order valence-corrected chi connectivity index (χ1v) is 7.48. The maximum Gasteiger partial charge on any atom is 0.274 e. The Labute approximate surface area is 135 Å². The van der Waals surface area contributed by atoms with Crippen molar-refractivity contribution in [2.24, 2.45) is 0 Å². The molecule has 6 nitrogen and oxygen atoms in total. The number of H-pyrrole nitrogens is 1. The van der Waals surface area contributed by atoms with Gasteiger partial charge in [0.2, 0.25) is 5.91 Å². The lowest BCUT2D eigenvalue weighted by Gasteiger charge is -2.04. The summed E-state index contributed by atoms with van der Waals surface area (Å²) in [4.78, 5) is 30.7. The van der Waals surface area contributed by atoms with E-state index < -0.39 is 0 Å². The van der Waals surface area contributed by atoms with Gasteiger partial charge in [-0.05, 0) is 52.8 Å². The normalized spacial score (nSPS) is 10.6. The number of carbonyl (C=O) groups excluding carboxylic acids is 2. The molecule has 21 heavy (non-hydrogen) atoms. The number of hydrogen-bond donors (Lipinski definition) is 3. The van der Waals surface area contributed by atoms with Gasteiger partial charge in [-0.15, -0.1) is 0 Å². The number of nitrogens with one attached hydrogen (secondary N) is 3. The van der Waals surface area contributed by atoms with Gasteiger partial charge in [0.25, 0.3) is 5.91 Å². The number of fused-ring (bicyclic) bond motifs is 1. The van der Waals surface area contributed by atoms with Gasteiger partial charge in [0.05, 0.1) is 10.8 Å². The van der Waals surface area contributed by atoms with Crippen molar-refractivity contribution in [3.05, 3.63) is 33.0 Å². The predicted molar refractivity (Wildman–Crippen MR) is 87.9 cm³/mol. The van der Waals surface area contributed by atoms with Crippen molar-refractivity contribution in [1.29, 1.82) is 0 Å². The number of hydrogen-bond acceptors (Lipinski definition) is 3. The summed E-state index contributed by atoms with van der Waals surface area (Å²) >= 11 is 2.22. The molecular formula is C14H16IN3O3. The number of aromatic nitrogens is 1. The van der Waals surface area contributed by atoms with Crippen LogP contribution in [0.1, 0.15) is 22.8 Å². The highest BCUT2D eigenvalue weighted by atomic mass is 127. The first kappa shape index (κ1) is 15.8. The molecule has 0 saturated carbocycles. The molecule has 0 fully saturated rings. The standard InChI is InChI=1S/C14H16IN3O3/c1-8(19)16-6-5-10-11-7-9(14(20)18-21-2)3-4-12(11)17-13(10)15/h3-4,7,17H,5-6H2,1-2H3,(H,16,19)(H,18,20). The molecule has 0 saturated heterocycles. The molecular weight excluding hydrogens is 385 g/mol. The van der Waals surface area contributed by atoms with Crippen molar-refractivity contribution in [3.8, 4) is 0 Å². The molecule has 0 atom stereocenters. The summed E-state index contributed by atoms with van der Waals surface area (Å²) in [5.41, 5.74) is 4.88. The van der Waals surface area contributed by atoms with E-state index in [0.29, 0.717) is 18.5 Å². The summed E-state index contributed by atoms with van der Waals surface area (Å²) in [6.45, 7) is 2.06. The Morgan fingerprint density at radius 3 is 2.81 bits per heavy atom. The Hall–Kier alpha value is -1.61. The largest absolute Gasteiger partial charge is 0.356 e. The first-order valence-electron chi connectivity index (χ1n) is 6.40. The molecule has 3 N–H and O–H groups in total. The number of aromatic amines is 1. The van der Waals surface area contributed by atoms with Crippen molar-refractivity contribution in [2.75, 3.05) is 13.7 Å². The smallest absolute Gasteiger partial charge is 0.274 e. The second-order valence-electron chi connectivity index (χ2n) is 4.55. The van der Waals surface area contributed by atoms with Crippen LogP contribution in [-0.4, -0.2) is 30.5 Å². The lowest BCUT2D eigenvalue weighted by atomic mass is 10.1. The highest BCUT2D eigenvalue weighted by Gasteiger charge is 2.12.